The van der Waals surface area contributed by atoms with Crippen molar-refractivity contribution < 1.29 is 39.8 Å². The maximum atomic E-state index is 12.9. The van der Waals surface area contributed by atoms with E-state index in [0.717, 1.165) is 96.3 Å². The Balaban J connectivity index is 2.35. The first-order valence-electron chi connectivity index (χ1n) is 21.1. The van der Waals surface area contributed by atoms with Crippen LogP contribution in [0.3, 0.4) is 0 Å². The van der Waals surface area contributed by atoms with Crippen molar-refractivity contribution in [1.29, 1.82) is 0 Å². The fraction of sp³-hybridized carbons (Fsp3) is 0.596. The van der Waals surface area contributed by atoms with Gasteiger partial charge in [0.1, 0.15) is 24.4 Å². The van der Waals surface area contributed by atoms with E-state index in [2.05, 4.69) is 116 Å². The number of aliphatic hydroxyl groups is 5. The Labute approximate surface area is 338 Å². The molecule has 316 valence electrons. The molecule has 0 aromatic rings. The van der Waals surface area contributed by atoms with Crippen molar-refractivity contribution in [2.75, 3.05) is 13.2 Å². The molecule has 6 N–H and O–H groups in total. The number of allylic oxidation sites excluding steroid dienone is 17. The predicted octanol–water partition coefficient (Wildman–Crippen LogP) is 8.33. The summed E-state index contributed by atoms with van der Waals surface area (Å²) >= 11 is 0. The number of hydrogen-bond donors (Lipinski definition) is 6. The number of nitrogens with one attached hydrogen (secondary N) is 1. The Morgan fingerprint density at radius 1 is 0.625 bits per heavy atom. The van der Waals surface area contributed by atoms with Gasteiger partial charge in [-0.15, -0.1) is 0 Å². The number of carbonyl (C=O) groups is 1. The molecule has 0 spiro atoms. The fourth-order valence-corrected chi connectivity index (χ4v) is 5.66. The van der Waals surface area contributed by atoms with E-state index in [-0.39, 0.29) is 18.9 Å². The molecule has 0 bridgehead atoms. The molecule has 7 unspecified atom stereocenters. The summed E-state index contributed by atoms with van der Waals surface area (Å²) in [4.78, 5) is 12.9. The molecule has 1 rings (SSSR count). The Kier molecular flexibility index (Phi) is 32.9. The summed E-state index contributed by atoms with van der Waals surface area (Å²) in [6, 6.07) is -0.844. The topological polar surface area (TPSA) is 149 Å². The molecule has 1 heterocycles. The molecular formula is C47H75NO8. The maximum absolute atomic E-state index is 12.9. The third-order valence-electron chi connectivity index (χ3n) is 9.08. The van der Waals surface area contributed by atoms with Gasteiger partial charge in [0.2, 0.25) is 5.91 Å². The Hall–Kier alpha value is -3.15. The lowest BCUT2D eigenvalue weighted by Gasteiger charge is -2.40. The first kappa shape index (κ1) is 50.9. The first-order valence-corrected chi connectivity index (χ1v) is 21.1. The van der Waals surface area contributed by atoms with E-state index < -0.39 is 49.5 Å². The van der Waals surface area contributed by atoms with Gasteiger partial charge in [-0.3, -0.25) is 4.79 Å². The Bertz CT molecular complexity index is 1230. The lowest BCUT2D eigenvalue weighted by atomic mass is 9.99. The van der Waals surface area contributed by atoms with Crippen LogP contribution in [0.15, 0.2) is 109 Å². The van der Waals surface area contributed by atoms with Gasteiger partial charge in [0.15, 0.2) is 6.29 Å². The maximum Gasteiger partial charge on any atom is 0.220 e. The van der Waals surface area contributed by atoms with Crippen molar-refractivity contribution in [3.8, 4) is 0 Å². The second kappa shape index (κ2) is 36.2. The number of rotatable bonds is 32. The number of carbonyl (C=O) groups excluding carboxylic acids is 1. The van der Waals surface area contributed by atoms with Crippen LogP contribution in [0.25, 0.3) is 0 Å². The molecule has 56 heavy (non-hydrogen) atoms. The van der Waals surface area contributed by atoms with Gasteiger partial charge in [0.05, 0.1) is 25.4 Å². The minimum absolute atomic E-state index is 0.224. The second-order valence-electron chi connectivity index (χ2n) is 14.0. The summed E-state index contributed by atoms with van der Waals surface area (Å²) in [6.45, 7) is 3.50. The molecule has 9 nitrogen and oxygen atoms in total. The van der Waals surface area contributed by atoms with Crippen LogP contribution < -0.4 is 5.32 Å². The number of unbranched alkanes of at least 4 members (excludes halogenated alkanes) is 6. The van der Waals surface area contributed by atoms with Crippen molar-refractivity contribution >= 4 is 5.91 Å². The summed E-state index contributed by atoms with van der Waals surface area (Å²) in [5, 5.41) is 53.8. The number of hydrogen-bond acceptors (Lipinski definition) is 8. The lowest BCUT2D eigenvalue weighted by Crippen LogP contribution is -2.60. The molecule has 9 heteroatoms. The van der Waals surface area contributed by atoms with Crippen LogP contribution in [-0.4, -0.2) is 87.5 Å². The Morgan fingerprint density at radius 3 is 1.68 bits per heavy atom. The van der Waals surface area contributed by atoms with Crippen LogP contribution in [0.1, 0.15) is 123 Å². The van der Waals surface area contributed by atoms with Gasteiger partial charge in [0, 0.05) is 6.42 Å². The van der Waals surface area contributed by atoms with Gasteiger partial charge in [-0.25, -0.2) is 0 Å². The average molecular weight is 782 g/mol. The van der Waals surface area contributed by atoms with Gasteiger partial charge in [-0.2, -0.15) is 0 Å². The van der Waals surface area contributed by atoms with Gasteiger partial charge < -0.3 is 40.3 Å². The van der Waals surface area contributed by atoms with E-state index in [4.69, 9.17) is 9.47 Å². The number of aliphatic hydroxyl groups excluding tert-OH is 5. The summed E-state index contributed by atoms with van der Waals surface area (Å²) in [5.41, 5.74) is 0. The van der Waals surface area contributed by atoms with Crippen LogP contribution in [0.4, 0.5) is 0 Å². The monoisotopic (exact) mass is 782 g/mol. The number of amides is 1. The SMILES string of the molecule is CC/C=C\C/C=C\C/C=C\C/C=C\C/C=C\C/C=C\C/C=C\CCCCCC(=O)NC(COC1OC(CO)C(O)C(O)C1O)C(O)/C=C/CC/C=C/CCCC. The van der Waals surface area contributed by atoms with Crippen molar-refractivity contribution in [3.05, 3.63) is 109 Å². The first-order chi connectivity index (χ1) is 27.3. The normalized spacial score (nSPS) is 22.3. The molecule has 1 aliphatic heterocycles. The highest BCUT2D eigenvalue weighted by Crippen LogP contribution is 2.22. The zero-order valence-corrected chi connectivity index (χ0v) is 34.3. The molecule has 7 atom stereocenters. The highest BCUT2D eigenvalue weighted by molar-refractivity contribution is 5.76. The Morgan fingerprint density at radius 2 is 1.12 bits per heavy atom. The summed E-state index contributed by atoms with van der Waals surface area (Å²) < 4.78 is 11.1. The van der Waals surface area contributed by atoms with Crippen LogP contribution in [0.2, 0.25) is 0 Å². The standard InChI is InChI=1S/C47H75NO8/c1-3-5-7-9-11-13-14-15-16-17-18-19-20-21-22-23-24-25-26-27-28-29-31-33-35-37-43(51)48-40(41(50)36-34-32-30-12-10-8-6-4-2)39-55-47-46(54)45(53)44(52)42(38-49)56-47/h5,7,10-13,15-16,18-19,21-22,24-25,27-28,34,36,40-42,44-47,49-50,52-54H,3-4,6,8-9,14,17,20,23,26,29-33,35,37-39H2,1-2H3,(H,48,51)/b7-5-,12-10+,13-11-,16-15-,19-18-,22-21-,25-24-,28-27-,36-34+. The van der Waals surface area contributed by atoms with Gasteiger partial charge in [0.25, 0.3) is 0 Å². The predicted molar refractivity (Wildman–Crippen MR) is 230 cm³/mol. The molecule has 0 aliphatic carbocycles. The molecule has 1 fully saturated rings. The quantitative estimate of drug-likeness (QED) is 0.0295. The minimum atomic E-state index is -1.58. The van der Waals surface area contributed by atoms with Crippen LogP contribution in [0.5, 0.6) is 0 Å². The van der Waals surface area contributed by atoms with E-state index in [1.807, 2.05) is 6.08 Å². The van der Waals surface area contributed by atoms with Crippen LogP contribution in [-0.2, 0) is 14.3 Å². The van der Waals surface area contributed by atoms with Crippen molar-refractivity contribution in [3.63, 3.8) is 0 Å². The van der Waals surface area contributed by atoms with Gasteiger partial charge in [-0.05, 0) is 83.5 Å². The van der Waals surface area contributed by atoms with Crippen LogP contribution in [0, 0.1) is 0 Å². The van der Waals surface area contributed by atoms with Crippen molar-refractivity contribution in [1.82, 2.24) is 5.32 Å². The molecule has 0 aromatic carbocycles. The third-order valence-corrected chi connectivity index (χ3v) is 9.08. The fourth-order valence-electron chi connectivity index (χ4n) is 5.66. The smallest absolute Gasteiger partial charge is 0.220 e. The van der Waals surface area contributed by atoms with E-state index in [9.17, 15) is 30.3 Å². The number of ether oxygens (including phenoxy) is 2. The zero-order chi connectivity index (χ0) is 40.9. The van der Waals surface area contributed by atoms with Gasteiger partial charge >= 0.3 is 0 Å². The van der Waals surface area contributed by atoms with Gasteiger partial charge in [-0.1, -0.05) is 142 Å². The average Bonchev–Trinajstić information content (AvgIpc) is 3.20. The van der Waals surface area contributed by atoms with E-state index in [0.29, 0.717) is 6.42 Å². The highest BCUT2D eigenvalue weighted by atomic mass is 16.7. The van der Waals surface area contributed by atoms with E-state index >= 15 is 0 Å². The largest absolute Gasteiger partial charge is 0.394 e. The minimum Gasteiger partial charge on any atom is -0.394 e. The van der Waals surface area contributed by atoms with Crippen LogP contribution >= 0.6 is 0 Å². The van der Waals surface area contributed by atoms with Crippen molar-refractivity contribution in [2.24, 2.45) is 0 Å². The molecule has 1 saturated heterocycles. The zero-order valence-electron chi connectivity index (χ0n) is 34.3. The molecule has 0 aromatic heterocycles. The molecule has 0 radical (unpaired) electrons. The van der Waals surface area contributed by atoms with E-state index in [1.165, 1.54) is 0 Å². The highest BCUT2D eigenvalue weighted by Gasteiger charge is 2.44. The molecule has 1 amide bonds. The lowest BCUT2D eigenvalue weighted by molar-refractivity contribution is -0.302. The summed E-state index contributed by atoms with van der Waals surface area (Å²) in [6.07, 6.45) is 45.8. The summed E-state index contributed by atoms with van der Waals surface area (Å²) in [5.74, 6) is -0.230. The second-order valence-corrected chi connectivity index (χ2v) is 14.0. The van der Waals surface area contributed by atoms with Crippen molar-refractivity contribution in [2.45, 2.75) is 166 Å². The molecular weight excluding hydrogens is 707 g/mol. The molecule has 0 saturated carbocycles. The summed E-state index contributed by atoms with van der Waals surface area (Å²) in [7, 11) is 0. The molecule has 1 aliphatic rings. The van der Waals surface area contributed by atoms with E-state index in [1.54, 1.807) is 6.08 Å². The third kappa shape index (κ3) is 26.7.